The number of nitrogens with zero attached hydrogens (tertiary/aromatic N) is 1. The van der Waals surface area contributed by atoms with Gasteiger partial charge in [0.1, 0.15) is 4.60 Å². The zero-order valence-corrected chi connectivity index (χ0v) is 10.0. The molecule has 0 saturated heterocycles. The number of anilines is 1. The van der Waals surface area contributed by atoms with Gasteiger partial charge in [0.15, 0.2) is 5.13 Å². The van der Waals surface area contributed by atoms with E-state index in [1.807, 2.05) is 5.38 Å². The molecule has 0 aliphatic rings. The molecule has 0 atom stereocenters. The fourth-order valence-electron chi connectivity index (χ4n) is 0.895. The second-order valence-electron chi connectivity index (χ2n) is 2.65. The third kappa shape index (κ3) is 4.59. The highest BCUT2D eigenvalue weighted by Crippen LogP contribution is 2.18. The number of aromatic nitrogens is 1. The number of thiazole rings is 1. The molecule has 1 heterocycles. The molecule has 0 aliphatic carbocycles. The molecule has 74 valence electrons. The van der Waals surface area contributed by atoms with Crippen LogP contribution >= 0.6 is 27.3 Å². The van der Waals surface area contributed by atoms with Crippen LogP contribution in [0.4, 0.5) is 5.13 Å². The molecule has 0 saturated carbocycles. The number of rotatable bonds is 6. The van der Waals surface area contributed by atoms with Gasteiger partial charge < -0.3 is 10.6 Å². The lowest BCUT2D eigenvalue weighted by Gasteiger charge is -2.03. The summed E-state index contributed by atoms with van der Waals surface area (Å²) in [5, 5.41) is 9.51. The first-order chi connectivity index (χ1) is 6.33. The smallest absolute Gasteiger partial charge is 0.183 e. The summed E-state index contributed by atoms with van der Waals surface area (Å²) in [7, 11) is 0. The number of nitrogens with one attached hydrogen (secondary N) is 2. The van der Waals surface area contributed by atoms with Crippen molar-refractivity contribution in [1.82, 2.24) is 10.3 Å². The van der Waals surface area contributed by atoms with Crippen LogP contribution < -0.4 is 10.6 Å². The van der Waals surface area contributed by atoms with E-state index >= 15 is 0 Å². The molecule has 13 heavy (non-hydrogen) atoms. The van der Waals surface area contributed by atoms with Crippen molar-refractivity contribution in [3.8, 4) is 0 Å². The molecule has 1 aromatic heterocycles. The molecule has 3 nitrogen and oxygen atoms in total. The zero-order valence-electron chi connectivity index (χ0n) is 7.64. The monoisotopic (exact) mass is 263 g/mol. The average Bonchev–Trinajstić information content (AvgIpc) is 2.51. The average molecular weight is 264 g/mol. The molecule has 0 amide bonds. The maximum absolute atomic E-state index is 4.22. The minimum Gasteiger partial charge on any atom is -0.360 e. The Kier molecular flexibility index (Phi) is 5.34. The predicted octanol–water partition coefficient (Wildman–Crippen LogP) is 2.32. The standard InChI is InChI=1S/C8H14BrN3S/c1-2-3-10-4-5-11-8-12-7(9)6-13-8/h6,10H,2-5H2,1H3,(H,11,12). The van der Waals surface area contributed by atoms with Gasteiger partial charge in [-0.05, 0) is 28.9 Å². The molecular formula is C8H14BrN3S. The van der Waals surface area contributed by atoms with Crippen LogP contribution in [-0.2, 0) is 0 Å². The van der Waals surface area contributed by atoms with E-state index in [-0.39, 0.29) is 0 Å². The highest BCUT2D eigenvalue weighted by Gasteiger charge is 1.96. The Labute approximate surface area is 91.1 Å². The molecule has 2 N–H and O–H groups in total. The van der Waals surface area contributed by atoms with Crippen molar-refractivity contribution < 1.29 is 0 Å². The molecule has 0 unspecified atom stereocenters. The van der Waals surface area contributed by atoms with Gasteiger partial charge in [-0.2, -0.15) is 0 Å². The maximum atomic E-state index is 4.22. The molecule has 0 spiro atoms. The van der Waals surface area contributed by atoms with Gasteiger partial charge in [-0.3, -0.25) is 0 Å². The summed E-state index contributed by atoms with van der Waals surface area (Å²) in [6, 6.07) is 0. The van der Waals surface area contributed by atoms with Crippen LogP contribution in [0.2, 0.25) is 0 Å². The Morgan fingerprint density at radius 2 is 2.31 bits per heavy atom. The zero-order chi connectivity index (χ0) is 9.52. The van der Waals surface area contributed by atoms with E-state index in [0.717, 1.165) is 29.4 Å². The largest absolute Gasteiger partial charge is 0.360 e. The highest BCUT2D eigenvalue weighted by atomic mass is 79.9. The van der Waals surface area contributed by atoms with Crippen LogP contribution in [0.3, 0.4) is 0 Å². The summed E-state index contributed by atoms with van der Waals surface area (Å²) in [5.41, 5.74) is 0. The van der Waals surface area contributed by atoms with E-state index in [1.54, 1.807) is 11.3 Å². The second-order valence-corrected chi connectivity index (χ2v) is 4.32. The summed E-state index contributed by atoms with van der Waals surface area (Å²) in [4.78, 5) is 4.22. The van der Waals surface area contributed by atoms with Crippen LogP contribution in [0.25, 0.3) is 0 Å². The van der Waals surface area contributed by atoms with Gasteiger partial charge in [0.05, 0.1) is 0 Å². The number of halogens is 1. The first-order valence-electron chi connectivity index (χ1n) is 4.38. The SMILES string of the molecule is CCCNCCNc1nc(Br)cs1. The molecule has 0 radical (unpaired) electrons. The van der Waals surface area contributed by atoms with Crippen molar-refractivity contribution in [2.75, 3.05) is 25.0 Å². The van der Waals surface area contributed by atoms with Gasteiger partial charge in [-0.25, -0.2) is 4.98 Å². The molecule has 0 fully saturated rings. The van der Waals surface area contributed by atoms with E-state index in [4.69, 9.17) is 0 Å². The molecule has 0 aromatic carbocycles. The normalized spacial score (nSPS) is 10.3. The molecule has 1 aromatic rings. The summed E-state index contributed by atoms with van der Waals surface area (Å²) in [5.74, 6) is 0. The highest BCUT2D eigenvalue weighted by molar-refractivity contribution is 9.10. The van der Waals surface area contributed by atoms with Gasteiger partial charge in [-0.1, -0.05) is 6.92 Å². The first kappa shape index (κ1) is 10.9. The minimum absolute atomic E-state index is 0.904. The molecule has 0 aliphatic heterocycles. The quantitative estimate of drug-likeness (QED) is 0.774. The van der Waals surface area contributed by atoms with E-state index < -0.39 is 0 Å². The Hall–Kier alpha value is -0.130. The van der Waals surface area contributed by atoms with Gasteiger partial charge in [0.25, 0.3) is 0 Å². The maximum Gasteiger partial charge on any atom is 0.183 e. The Bertz CT molecular complexity index is 239. The lowest BCUT2D eigenvalue weighted by Crippen LogP contribution is -2.22. The van der Waals surface area contributed by atoms with Crippen molar-refractivity contribution in [3.05, 3.63) is 9.98 Å². The van der Waals surface area contributed by atoms with Crippen molar-refractivity contribution in [1.29, 1.82) is 0 Å². The van der Waals surface area contributed by atoms with E-state index in [0.29, 0.717) is 0 Å². The van der Waals surface area contributed by atoms with Crippen molar-refractivity contribution in [3.63, 3.8) is 0 Å². The first-order valence-corrected chi connectivity index (χ1v) is 6.06. The van der Waals surface area contributed by atoms with Crippen molar-refractivity contribution >= 4 is 32.4 Å². The third-order valence-electron chi connectivity index (χ3n) is 1.48. The van der Waals surface area contributed by atoms with Gasteiger partial charge in [-0.15, -0.1) is 11.3 Å². The Morgan fingerprint density at radius 1 is 1.46 bits per heavy atom. The minimum atomic E-state index is 0.904. The van der Waals surface area contributed by atoms with Gasteiger partial charge in [0.2, 0.25) is 0 Å². The van der Waals surface area contributed by atoms with Gasteiger partial charge in [0, 0.05) is 18.5 Å². The summed E-state index contributed by atoms with van der Waals surface area (Å²) < 4.78 is 0.904. The Morgan fingerprint density at radius 3 is 2.92 bits per heavy atom. The van der Waals surface area contributed by atoms with Crippen LogP contribution in [0.1, 0.15) is 13.3 Å². The third-order valence-corrected chi connectivity index (χ3v) is 2.99. The lowest BCUT2D eigenvalue weighted by atomic mass is 10.5. The van der Waals surface area contributed by atoms with Crippen molar-refractivity contribution in [2.24, 2.45) is 0 Å². The van der Waals surface area contributed by atoms with Gasteiger partial charge >= 0.3 is 0 Å². The summed E-state index contributed by atoms with van der Waals surface area (Å²) >= 11 is 4.93. The molecule has 0 bridgehead atoms. The second kappa shape index (κ2) is 6.34. The van der Waals surface area contributed by atoms with E-state index in [9.17, 15) is 0 Å². The van der Waals surface area contributed by atoms with Crippen LogP contribution in [0, 0.1) is 0 Å². The van der Waals surface area contributed by atoms with E-state index in [1.165, 1.54) is 6.42 Å². The fourth-order valence-corrected chi connectivity index (χ4v) is 2.07. The molecular weight excluding hydrogens is 250 g/mol. The topological polar surface area (TPSA) is 37.0 Å². The fraction of sp³-hybridized carbons (Fsp3) is 0.625. The number of hydrogen-bond acceptors (Lipinski definition) is 4. The van der Waals surface area contributed by atoms with Crippen LogP contribution in [-0.4, -0.2) is 24.6 Å². The van der Waals surface area contributed by atoms with E-state index in [2.05, 4.69) is 38.5 Å². The van der Waals surface area contributed by atoms with Crippen LogP contribution in [0.5, 0.6) is 0 Å². The van der Waals surface area contributed by atoms with Crippen LogP contribution in [0.15, 0.2) is 9.98 Å². The summed E-state index contributed by atoms with van der Waals surface area (Å²) in [6.07, 6.45) is 1.18. The molecule has 1 rings (SSSR count). The molecule has 5 heteroatoms. The summed E-state index contributed by atoms with van der Waals surface area (Å²) in [6.45, 7) is 5.17. The predicted molar refractivity (Wildman–Crippen MR) is 61.5 cm³/mol. The lowest BCUT2D eigenvalue weighted by molar-refractivity contribution is 0.687. The van der Waals surface area contributed by atoms with Crippen molar-refractivity contribution in [2.45, 2.75) is 13.3 Å². The Balaban J connectivity index is 2.06. The number of hydrogen-bond donors (Lipinski definition) is 2.